The Balaban J connectivity index is 1.93. The quantitative estimate of drug-likeness (QED) is 0.268. The lowest BCUT2D eigenvalue weighted by molar-refractivity contribution is -0.139. The Morgan fingerprint density at radius 2 is 1.81 bits per heavy atom. The maximum atomic E-state index is 13.2. The number of carboxylic acid groups (broad SMARTS) is 3. The summed E-state index contributed by atoms with van der Waals surface area (Å²) < 4.78 is 5.57. The molecule has 0 atom stereocenters. The molecule has 1 aromatic heterocycles. The maximum Gasteiger partial charge on any atom is 0.349 e. The molecule has 2 aromatic rings. The average Bonchev–Trinajstić information content (AvgIpc) is 3.18. The minimum Gasteiger partial charge on any atom is -0.481 e. The standard InChI is InChI=1S/C24H27BrN2O8S/c25-19-20(35-13-18(30)31)22(23(32)33)36-21(19)14-6-4-9-16(12-14)27(15-7-2-1-3-8-15)24(34)26-11-5-10-17(28)29/h4,6,9,12,15H,1-3,5,7-8,10-11,13H2,(H,26,34)(H,28,29)(H,30,31)(H,32,33). The second-order valence-corrected chi connectivity index (χ2v) is 10.1. The number of hydrogen-bond donors (Lipinski definition) is 4. The van der Waals surface area contributed by atoms with Crippen LogP contribution < -0.4 is 15.0 Å². The van der Waals surface area contributed by atoms with E-state index in [1.165, 1.54) is 0 Å². The van der Waals surface area contributed by atoms with Gasteiger partial charge in [0, 0.05) is 24.7 Å². The Kier molecular flexibility index (Phi) is 9.71. The van der Waals surface area contributed by atoms with E-state index in [4.69, 9.17) is 14.9 Å². The molecule has 2 amide bonds. The lowest BCUT2D eigenvalue weighted by Crippen LogP contribution is -2.47. The van der Waals surface area contributed by atoms with Crippen LogP contribution in [0.25, 0.3) is 10.4 Å². The van der Waals surface area contributed by atoms with Gasteiger partial charge in [-0.1, -0.05) is 31.4 Å². The number of nitrogens with zero attached hydrogens (tertiary/aromatic N) is 1. The highest BCUT2D eigenvalue weighted by molar-refractivity contribution is 9.10. The fourth-order valence-corrected chi connectivity index (χ4v) is 6.02. The van der Waals surface area contributed by atoms with Gasteiger partial charge in [0.15, 0.2) is 17.2 Å². The van der Waals surface area contributed by atoms with Crippen molar-refractivity contribution in [3.05, 3.63) is 33.6 Å². The Morgan fingerprint density at radius 3 is 2.44 bits per heavy atom. The molecule has 0 unspecified atom stereocenters. The van der Waals surface area contributed by atoms with E-state index in [9.17, 15) is 24.3 Å². The summed E-state index contributed by atoms with van der Waals surface area (Å²) in [5.74, 6) is -3.45. The Morgan fingerprint density at radius 1 is 1.08 bits per heavy atom. The third-order valence-corrected chi connectivity index (χ3v) is 7.96. The van der Waals surface area contributed by atoms with E-state index in [0.29, 0.717) is 27.0 Å². The molecule has 0 saturated heterocycles. The van der Waals surface area contributed by atoms with Crippen molar-refractivity contribution in [2.75, 3.05) is 18.1 Å². The van der Waals surface area contributed by atoms with Crippen LogP contribution in [-0.4, -0.2) is 58.5 Å². The molecule has 0 spiro atoms. The highest BCUT2D eigenvalue weighted by Gasteiger charge is 2.28. The van der Waals surface area contributed by atoms with Crippen molar-refractivity contribution in [3.8, 4) is 16.2 Å². The van der Waals surface area contributed by atoms with Gasteiger partial charge in [-0.2, -0.15) is 0 Å². The Labute approximate surface area is 220 Å². The number of urea groups is 1. The van der Waals surface area contributed by atoms with Gasteiger partial charge in [-0.15, -0.1) is 11.3 Å². The van der Waals surface area contributed by atoms with Crippen LogP contribution in [0.4, 0.5) is 10.5 Å². The highest BCUT2D eigenvalue weighted by Crippen LogP contribution is 2.46. The largest absolute Gasteiger partial charge is 0.481 e. The molecule has 0 aliphatic heterocycles. The van der Waals surface area contributed by atoms with E-state index in [1.54, 1.807) is 29.2 Å². The molecular formula is C24H27BrN2O8S. The molecule has 0 radical (unpaired) electrons. The van der Waals surface area contributed by atoms with Gasteiger partial charge in [0.1, 0.15) is 0 Å². The van der Waals surface area contributed by atoms with E-state index in [1.807, 2.05) is 0 Å². The van der Waals surface area contributed by atoms with E-state index in [0.717, 1.165) is 43.4 Å². The SMILES string of the molecule is O=C(O)CCCNC(=O)N(c1cccc(-c2sc(C(=O)O)c(OCC(=O)O)c2Br)c1)C1CCCCC1. The number of benzene rings is 1. The van der Waals surface area contributed by atoms with Crippen LogP contribution in [0, 0.1) is 0 Å². The number of rotatable bonds is 11. The van der Waals surface area contributed by atoms with Crippen LogP contribution in [-0.2, 0) is 9.59 Å². The van der Waals surface area contributed by atoms with E-state index in [-0.39, 0.29) is 35.7 Å². The number of aromatic carboxylic acids is 1. The topological polar surface area (TPSA) is 153 Å². The summed E-state index contributed by atoms with van der Waals surface area (Å²) in [4.78, 5) is 48.8. The van der Waals surface area contributed by atoms with Gasteiger partial charge in [0.05, 0.1) is 9.35 Å². The second-order valence-electron chi connectivity index (χ2n) is 8.33. The smallest absolute Gasteiger partial charge is 0.349 e. The predicted octanol–water partition coefficient (Wildman–Crippen LogP) is 5.05. The number of halogens is 1. The minimum absolute atomic E-state index is 0.0238. The number of hydrogen-bond acceptors (Lipinski definition) is 6. The summed E-state index contributed by atoms with van der Waals surface area (Å²) >= 11 is 4.31. The molecule has 1 aliphatic carbocycles. The van der Waals surface area contributed by atoms with Gasteiger partial charge < -0.3 is 25.4 Å². The molecular weight excluding hydrogens is 556 g/mol. The van der Waals surface area contributed by atoms with Gasteiger partial charge >= 0.3 is 23.9 Å². The van der Waals surface area contributed by atoms with Crippen molar-refractivity contribution >= 4 is 56.9 Å². The maximum absolute atomic E-state index is 13.2. The number of carbonyl (C=O) groups is 4. The summed E-state index contributed by atoms with van der Waals surface area (Å²) in [6.07, 6.45) is 5.05. The summed E-state index contributed by atoms with van der Waals surface area (Å²) in [7, 11) is 0. The molecule has 12 heteroatoms. The van der Waals surface area contributed by atoms with Gasteiger partial charge in [0.25, 0.3) is 0 Å². The van der Waals surface area contributed by atoms with Crippen LogP contribution in [0.15, 0.2) is 28.7 Å². The monoisotopic (exact) mass is 582 g/mol. The minimum atomic E-state index is -1.24. The van der Waals surface area contributed by atoms with Crippen LogP contribution in [0.5, 0.6) is 5.75 Å². The van der Waals surface area contributed by atoms with Crippen molar-refractivity contribution in [2.24, 2.45) is 0 Å². The molecule has 10 nitrogen and oxygen atoms in total. The first-order chi connectivity index (χ1) is 17.2. The van der Waals surface area contributed by atoms with Crippen LogP contribution in [0.3, 0.4) is 0 Å². The Hall–Kier alpha value is -3.12. The van der Waals surface area contributed by atoms with Crippen LogP contribution >= 0.6 is 27.3 Å². The molecule has 4 N–H and O–H groups in total. The summed E-state index contributed by atoms with van der Waals surface area (Å²) in [6.45, 7) is -0.455. The van der Waals surface area contributed by atoms with Gasteiger partial charge in [-0.3, -0.25) is 9.69 Å². The van der Waals surface area contributed by atoms with Gasteiger partial charge in [0.2, 0.25) is 0 Å². The zero-order chi connectivity index (χ0) is 26.2. The van der Waals surface area contributed by atoms with Crippen LogP contribution in [0.1, 0.15) is 54.6 Å². The zero-order valence-corrected chi connectivity index (χ0v) is 21.8. The van der Waals surface area contributed by atoms with Crippen molar-refractivity contribution in [3.63, 3.8) is 0 Å². The number of ether oxygens (including phenoxy) is 1. The third-order valence-electron chi connectivity index (χ3n) is 5.73. The van der Waals surface area contributed by atoms with E-state index >= 15 is 0 Å². The fourth-order valence-electron chi connectivity index (χ4n) is 4.14. The molecule has 1 saturated carbocycles. The second kappa shape index (κ2) is 12.7. The molecule has 0 bridgehead atoms. The number of nitrogens with one attached hydrogen (secondary N) is 1. The molecule has 3 rings (SSSR count). The molecule has 1 fully saturated rings. The first-order valence-electron chi connectivity index (χ1n) is 11.5. The summed E-state index contributed by atoms with van der Waals surface area (Å²) in [6, 6.07) is 6.79. The molecule has 36 heavy (non-hydrogen) atoms. The van der Waals surface area contributed by atoms with Gasteiger partial charge in [-0.25, -0.2) is 14.4 Å². The number of thiophene rings is 1. The van der Waals surface area contributed by atoms with Crippen molar-refractivity contribution in [1.82, 2.24) is 5.32 Å². The summed E-state index contributed by atoms with van der Waals surface area (Å²) in [5.41, 5.74) is 1.26. The number of carboxylic acids is 3. The molecule has 1 heterocycles. The molecule has 194 valence electrons. The average molecular weight is 583 g/mol. The van der Waals surface area contributed by atoms with Crippen molar-refractivity contribution in [2.45, 2.75) is 51.0 Å². The molecule has 1 aliphatic rings. The number of amides is 2. The zero-order valence-electron chi connectivity index (χ0n) is 19.4. The fraction of sp³-hybridized carbons (Fsp3) is 0.417. The van der Waals surface area contributed by atoms with Gasteiger partial charge in [-0.05, 0) is 52.9 Å². The summed E-state index contributed by atoms with van der Waals surface area (Å²) in [5, 5.41) is 30.2. The van der Waals surface area contributed by atoms with E-state index in [2.05, 4.69) is 21.2 Å². The van der Waals surface area contributed by atoms with Crippen molar-refractivity contribution < 1.29 is 39.2 Å². The number of aliphatic carboxylic acids is 2. The first-order valence-corrected chi connectivity index (χ1v) is 13.1. The highest BCUT2D eigenvalue weighted by atomic mass is 79.9. The number of carbonyl (C=O) groups excluding carboxylic acids is 1. The third kappa shape index (κ3) is 6.97. The predicted molar refractivity (Wildman–Crippen MR) is 137 cm³/mol. The van der Waals surface area contributed by atoms with Crippen molar-refractivity contribution in [1.29, 1.82) is 0 Å². The normalized spacial score (nSPS) is 13.7. The Bertz CT molecular complexity index is 1130. The lowest BCUT2D eigenvalue weighted by atomic mass is 9.94. The number of anilines is 1. The molecule has 1 aromatic carbocycles. The first kappa shape index (κ1) is 27.5. The van der Waals surface area contributed by atoms with Crippen LogP contribution in [0.2, 0.25) is 0 Å². The van der Waals surface area contributed by atoms with E-state index < -0.39 is 24.5 Å². The lowest BCUT2D eigenvalue weighted by Gasteiger charge is -2.34.